The molecule has 0 spiro atoms. The number of nitrogens with zero attached hydrogens (tertiary/aromatic N) is 5. The minimum Gasteiger partial charge on any atom is -0.359 e. The molecule has 0 saturated carbocycles. The number of anilines is 2. The molecule has 0 aliphatic heterocycles. The largest absolute Gasteiger partial charge is 0.359 e. The predicted molar refractivity (Wildman–Crippen MR) is 126 cm³/mol. The number of thiazole rings is 1. The lowest BCUT2D eigenvalue weighted by atomic mass is 10.1. The molecule has 0 fully saturated rings. The van der Waals surface area contributed by atoms with Crippen LogP contribution in [-0.4, -0.2) is 39.0 Å². The normalized spacial score (nSPS) is 11.7. The molecule has 0 aliphatic carbocycles. The molecular formula is C20H20ClN7O2S2. The first kappa shape index (κ1) is 22.2. The van der Waals surface area contributed by atoms with Crippen LogP contribution in [0.3, 0.4) is 0 Å². The van der Waals surface area contributed by atoms with Crippen molar-refractivity contribution < 1.29 is 8.42 Å². The van der Waals surface area contributed by atoms with Gasteiger partial charge in [-0.2, -0.15) is 8.42 Å². The molecule has 9 nitrogen and oxygen atoms in total. The number of nitrogens with one attached hydrogen (secondary N) is 2. The van der Waals surface area contributed by atoms with Crippen LogP contribution < -0.4 is 10.0 Å². The third kappa shape index (κ3) is 4.90. The SMILES string of the molecule is CC(C)Nc1ncc(-c2cc(-c3ccccc3Cl)nc(NS(=O)(=O)c3cn(C)cn3)n2)s1. The third-order valence-electron chi connectivity index (χ3n) is 4.23. The van der Waals surface area contributed by atoms with Crippen LogP contribution in [0.5, 0.6) is 0 Å². The van der Waals surface area contributed by atoms with Crippen molar-refractivity contribution in [1.82, 2.24) is 24.5 Å². The summed E-state index contributed by atoms with van der Waals surface area (Å²) in [5.41, 5.74) is 1.65. The average Bonchev–Trinajstić information content (AvgIpc) is 3.37. The second kappa shape index (κ2) is 8.85. The fourth-order valence-corrected chi connectivity index (χ4v) is 4.91. The van der Waals surface area contributed by atoms with Crippen LogP contribution in [0.25, 0.3) is 21.8 Å². The lowest BCUT2D eigenvalue weighted by Crippen LogP contribution is -2.16. The third-order valence-corrected chi connectivity index (χ3v) is 6.72. The quantitative estimate of drug-likeness (QED) is 0.398. The summed E-state index contributed by atoms with van der Waals surface area (Å²) in [4.78, 5) is 17.9. The molecule has 2 N–H and O–H groups in total. The first-order valence-electron chi connectivity index (χ1n) is 9.59. The Labute approximate surface area is 194 Å². The highest BCUT2D eigenvalue weighted by molar-refractivity contribution is 7.92. The van der Waals surface area contributed by atoms with E-state index in [1.807, 2.05) is 32.0 Å². The zero-order valence-corrected chi connectivity index (χ0v) is 19.8. The van der Waals surface area contributed by atoms with Crippen LogP contribution in [-0.2, 0) is 17.1 Å². The van der Waals surface area contributed by atoms with Crippen molar-refractivity contribution in [2.24, 2.45) is 7.05 Å². The maximum atomic E-state index is 12.8. The standard InChI is InChI=1S/C20H20ClN7O2S2/c1-12(2)24-20-22-9-17(31-20)16-8-15(13-6-4-5-7-14(13)21)25-19(26-16)27-32(29,30)18-10-28(3)11-23-18/h4-12H,1-3H3,(H,22,24)(H,25,26,27). The maximum Gasteiger partial charge on any atom is 0.283 e. The molecule has 0 bridgehead atoms. The minimum atomic E-state index is -3.98. The first-order chi connectivity index (χ1) is 15.2. The van der Waals surface area contributed by atoms with Crippen LogP contribution in [0.1, 0.15) is 13.8 Å². The monoisotopic (exact) mass is 489 g/mol. The Morgan fingerprint density at radius 2 is 1.88 bits per heavy atom. The van der Waals surface area contributed by atoms with Gasteiger partial charge in [0.1, 0.15) is 0 Å². The predicted octanol–water partition coefficient (Wildman–Crippen LogP) is 4.28. The van der Waals surface area contributed by atoms with E-state index in [1.165, 1.54) is 23.9 Å². The number of rotatable bonds is 7. The van der Waals surface area contributed by atoms with Crippen molar-refractivity contribution in [1.29, 1.82) is 0 Å². The van der Waals surface area contributed by atoms with Gasteiger partial charge in [-0.3, -0.25) is 0 Å². The molecule has 4 aromatic rings. The first-order valence-corrected chi connectivity index (χ1v) is 12.3. The Morgan fingerprint density at radius 1 is 1.12 bits per heavy atom. The van der Waals surface area contributed by atoms with E-state index >= 15 is 0 Å². The molecule has 0 radical (unpaired) electrons. The van der Waals surface area contributed by atoms with Crippen molar-refractivity contribution >= 4 is 44.0 Å². The van der Waals surface area contributed by atoms with Crippen molar-refractivity contribution in [3.8, 4) is 21.8 Å². The lowest BCUT2D eigenvalue weighted by molar-refractivity contribution is 0.597. The van der Waals surface area contributed by atoms with E-state index in [4.69, 9.17) is 11.6 Å². The number of sulfonamides is 1. The number of hydrogen-bond acceptors (Lipinski definition) is 8. The summed E-state index contributed by atoms with van der Waals surface area (Å²) >= 11 is 7.78. The summed E-state index contributed by atoms with van der Waals surface area (Å²) in [5.74, 6) is -0.0881. The highest BCUT2D eigenvalue weighted by atomic mass is 35.5. The topological polar surface area (TPSA) is 115 Å². The van der Waals surface area contributed by atoms with E-state index in [0.29, 0.717) is 22.0 Å². The smallest absolute Gasteiger partial charge is 0.283 e. The van der Waals surface area contributed by atoms with Crippen molar-refractivity contribution in [2.75, 3.05) is 10.0 Å². The highest BCUT2D eigenvalue weighted by Gasteiger charge is 2.21. The zero-order chi connectivity index (χ0) is 22.9. The molecule has 32 heavy (non-hydrogen) atoms. The summed E-state index contributed by atoms with van der Waals surface area (Å²) in [5, 5.41) is 4.35. The van der Waals surface area contributed by atoms with Gasteiger partial charge in [0.25, 0.3) is 10.0 Å². The zero-order valence-electron chi connectivity index (χ0n) is 17.4. The van der Waals surface area contributed by atoms with E-state index in [0.717, 1.165) is 10.0 Å². The number of hydrogen-bond donors (Lipinski definition) is 2. The van der Waals surface area contributed by atoms with Gasteiger partial charge in [0, 0.05) is 36.1 Å². The maximum absolute atomic E-state index is 12.8. The Hall–Kier alpha value is -3.02. The minimum absolute atomic E-state index is 0.0881. The van der Waals surface area contributed by atoms with Crippen molar-refractivity contribution in [2.45, 2.75) is 24.9 Å². The number of benzene rings is 1. The van der Waals surface area contributed by atoms with Gasteiger partial charge in [-0.1, -0.05) is 41.1 Å². The molecule has 0 atom stereocenters. The Bertz CT molecular complexity index is 1370. The van der Waals surface area contributed by atoms with Gasteiger partial charge in [0.05, 0.1) is 22.6 Å². The van der Waals surface area contributed by atoms with Gasteiger partial charge >= 0.3 is 0 Å². The van der Waals surface area contributed by atoms with Crippen molar-refractivity contribution in [3.05, 3.63) is 54.1 Å². The van der Waals surface area contributed by atoms with E-state index in [2.05, 4.69) is 30.0 Å². The molecule has 0 aliphatic rings. The molecule has 1 aromatic carbocycles. The summed E-state index contributed by atoms with van der Waals surface area (Å²) < 4.78 is 29.5. The summed E-state index contributed by atoms with van der Waals surface area (Å²) in [6, 6.07) is 9.17. The second-order valence-corrected chi connectivity index (χ2v) is 10.3. The molecule has 166 valence electrons. The lowest BCUT2D eigenvalue weighted by Gasteiger charge is -2.10. The molecule has 0 amide bonds. The van der Waals surface area contributed by atoms with Crippen LogP contribution in [0.4, 0.5) is 11.1 Å². The molecule has 3 aromatic heterocycles. The van der Waals surface area contributed by atoms with Gasteiger partial charge in [-0.25, -0.2) is 24.7 Å². The number of aryl methyl sites for hydroxylation is 1. The van der Waals surface area contributed by atoms with Crippen LogP contribution in [0, 0.1) is 0 Å². The van der Waals surface area contributed by atoms with Crippen LogP contribution in [0.2, 0.25) is 5.02 Å². The van der Waals surface area contributed by atoms with Crippen LogP contribution in [0.15, 0.2) is 54.1 Å². The van der Waals surface area contributed by atoms with Gasteiger partial charge < -0.3 is 9.88 Å². The van der Waals surface area contributed by atoms with E-state index in [-0.39, 0.29) is 17.0 Å². The molecule has 12 heteroatoms. The van der Waals surface area contributed by atoms with Gasteiger partial charge in [-0.15, -0.1) is 0 Å². The number of imidazole rings is 1. The van der Waals surface area contributed by atoms with E-state index in [9.17, 15) is 8.42 Å². The fraction of sp³-hybridized carbons (Fsp3) is 0.200. The molecule has 0 unspecified atom stereocenters. The van der Waals surface area contributed by atoms with Gasteiger partial charge in [0.2, 0.25) is 5.95 Å². The molecule has 4 rings (SSSR count). The van der Waals surface area contributed by atoms with Crippen molar-refractivity contribution in [3.63, 3.8) is 0 Å². The molecular weight excluding hydrogens is 470 g/mol. The molecule has 0 saturated heterocycles. The number of halogens is 1. The van der Waals surface area contributed by atoms with E-state index < -0.39 is 10.0 Å². The van der Waals surface area contributed by atoms with Gasteiger partial charge in [0.15, 0.2) is 10.2 Å². The number of aromatic nitrogens is 5. The summed E-state index contributed by atoms with van der Waals surface area (Å²) in [7, 11) is -2.29. The van der Waals surface area contributed by atoms with E-state index in [1.54, 1.807) is 29.9 Å². The fourth-order valence-electron chi connectivity index (χ4n) is 2.83. The average molecular weight is 490 g/mol. The van der Waals surface area contributed by atoms with Crippen LogP contribution >= 0.6 is 22.9 Å². The summed E-state index contributed by atoms with van der Waals surface area (Å²) in [6.45, 7) is 4.04. The van der Waals surface area contributed by atoms with Gasteiger partial charge in [-0.05, 0) is 26.0 Å². The summed E-state index contributed by atoms with van der Waals surface area (Å²) in [6.07, 6.45) is 4.49. The second-order valence-electron chi connectivity index (χ2n) is 7.25. The Balaban J connectivity index is 1.79. The Kier molecular flexibility index (Phi) is 6.13. The Morgan fingerprint density at radius 3 is 2.56 bits per heavy atom. The highest BCUT2D eigenvalue weighted by Crippen LogP contribution is 2.33. The molecule has 3 heterocycles.